The number of benzene rings is 1. The lowest BCUT2D eigenvalue weighted by molar-refractivity contribution is 0.0738. The third-order valence-electron chi connectivity index (χ3n) is 2.93. The summed E-state index contributed by atoms with van der Waals surface area (Å²) in [5.41, 5.74) is 6.94. The van der Waals surface area contributed by atoms with Crippen LogP contribution >= 0.6 is 15.9 Å². The predicted octanol–water partition coefficient (Wildman–Crippen LogP) is 3.29. The molecule has 1 amide bonds. The maximum absolute atomic E-state index is 12.2. The summed E-state index contributed by atoms with van der Waals surface area (Å²) in [5, 5.41) is 0. The summed E-state index contributed by atoms with van der Waals surface area (Å²) >= 11 is 3.33. The van der Waals surface area contributed by atoms with Crippen molar-refractivity contribution in [1.82, 2.24) is 4.90 Å². The average molecular weight is 299 g/mol. The molecular formula is C13H19BrN2O. The zero-order valence-electron chi connectivity index (χ0n) is 10.5. The van der Waals surface area contributed by atoms with E-state index in [1.807, 2.05) is 13.1 Å². The fraction of sp³-hybridized carbons (Fsp3) is 0.462. The fourth-order valence-electron chi connectivity index (χ4n) is 1.73. The number of halogens is 1. The van der Waals surface area contributed by atoms with E-state index in [-0.39, 0.29) is 11.9 Å². The van der Waals surface area contributed by atoms with Crippen molar-refractivity contribution in [3.63, 3.8) is 0 Å². The standard InChI is InChI=1S/C13H19BrN2O/c1-4-5-9(2)16(3)13(17)11-7-6-10(14)8-12(11)15/h6-9H,4-5,15H2,1-3H3. The number of amides is 1. The highest BCUT2D eigenvalue weighted by Gasteiger charge is 2.18. The first kappa shape index (κ1) is 14.0. The highest BCUT2D eigenvalue weighted by Crippen LogP contribution is 2.20. The molecule has 0 aliphatic rings. The van der Waals surface area contributed by atoms with E-state index in [1.165, 1.54) is 0 Å². The van der Waals surface area contributed by atoms with Gasteiger partial charge in [0.25, 0.3) is 5.91 Å². The molecule has 1 aromatic carbocycles. The molecule has 0 heterocycles. The fourth-order valence-corrected chi connectivity index (χ4v) is 2.11. The van der Waals surface area contributed by atoms with Crippen LogP contribution in [-0.4, -0.2) is 23.9 Å². The Labute approximate surface area is 111 Å². The zero-order chi connectivity index (χ0) is 13.0. The first-order chi connectivity index (χ1) is 7.97. The van der Waals surface area contributed by atoms with Crippen molar-refractivity contribution in [2.24, 2.45) is 0 Å². The van der Waals surface area contributed by atoms with Gasteiger partial charge in [-0.25, -0.2) is 0 Å². The van der Waals surface area contributed by atoms with Gasteiger partial charge in [-0.3, -0.25) is 4.79 Å². The Morgan fingerprint density at radius 3 is 2.71 bits per heavy atom. The third kappa shape index (κ3) is 3.46. The molecule has 17 heavy (non-hydrogen) atoms. The predicted molar refractivity (Wildman–Crippen MR) is 75.0 cm³/mol. The van der Waals surface area contributed by atoms with Crippen LogP contribution in [0.25, 0.3) is 0 Å². The van der Waals surface area contributed by atoms with Gasteiger partial charge in [0.2, 0.25) is 0 Å². The van der Waals surface area contributed by atoms with Gasteiger partial charge in [0.15, 0.2) is 0 Å². The molecule has 0 aliphatic heterocycles. The molecule has 0 saturated carbocycles. The Morgan fingerprint density at radius 1 is 1.53 bits per heavy atom. The molecule has 0 aliphatic carbocycles. The molecule has 0 radical (unpaired) electrons. The number of nitrogens with zero attached hydrogens (tertiary/aromatic N) is 1. The van der Waals surface area contributed by atoms with Crippen LogP contribution in [0.3, 0.4) is 0 Å². The average Bonchev–Trinajstić information content (AvgIpc) is 2.27. The van der Waals surface area contributed by atoms with Crippen LogP contribution in [0.1, 0.15) is 37.0 Å². The topological polar surface area (TPSA) is 46.3 Å². The second kappa shape index (κ2) is 6.05. The van der Waals surface area contributed by atoms with E-state index in [0.717, 1.165) is 17.3 Å². The smallest absolute Gasteiger partial charge is 0.255 e. The van der Waals surface area contributed by atoms with Crippen LogP contribution in [0.2, 0.25) is 0 Å². The van der Waals surface area contributed by atoms with Crippen molar-refractivity contribution in [3.05, 3.63) is 28.2 Å². The minimum atomic E-state index is -0.0176. The summed E-state index contributed by atoms with van der Waals surface area (Å²) in [6.07, 6.45) is 2.06. The number of anilines is 1. The van der Waals surface area contributed by atoms with E-state index in [2.05, 4.69) is 29.8 Å². The Hall–Kier alpha value is -1.03. The Morgan fingerprint density at radius 2 is 2.18 bits per heavy atom. The summed E-state index contributed by atoms with van der Waals surface area (Å²) in [7, 11) is 1.82. The van der Waals surface area contributed by atoms with Gasteiger partial charge in [-0.05, 0) is 31.5 Å². The van der Waals surface area contributed by atoms with Crippen molar-refractivity contribution >= 4 is 27.5 Å². The molecule has 1 unspecified atom stereocenters. The molecular weight excluding hydrogens is 280 g/mol. The van der Waals surface area contributed by atoms with E-state index in [1.54, 1.807) is 17.0 Å². The summed E-state index contributed by atoms with van der Waals surface area (Å²) in [4.78, 5) is 14.0. The summed E-state index contributed by atoms with van der Waals surface area (Å²) in [6, 6.07) is 5.58. The van der Waals surface area contributed by atoms with Gasteiger partial charge in [0.1, 0.15) is 0 Å². The molecule has 2 N–H and O–H groups in total. The second-order valence-corrected chi connectivity index (χ2v) is 5.20. The van der Waals surface area contributed by atoms with Crippen LogP contribution < -0.4 is 5.73 Å². The normalized spacial score (nSPS) is 12.2. The highest BCUT2D eigenvalue weighted by atomic mass is 79.9. The van der Waals surface area contributed by atoms with Gasteiger partial charge in [-0.1, -0.05) is 29.3 Å². The maximum Gasteiger partial charge on any atom is 0.255 e. The number of rotatable bonds is 4. The van der Waals surface area contributed by atoms with Crippen molar-refractivity contribution in [3.8, 4) is 0 Å². The number of hydrogen-bond acceptors (Lipinski definition) is 2. The quantitative estimate of drug-likeness (QED) is 0.867. The Balaban J connectivity index is 2.88. The minimum absolute atomic E-state index is 0.0176. The molecule has 0 bridgehead atoms. The van der Waals surface area contributed by atoms with Crippen LogP contribution in [-0.2, 0) is 0 Å². The monoisotopic (exact) mass is 298 g/mol. The van der Waals surface area contributed by atoms with E-state index >= 15 is 0 Å². The van der Waals surface area contributed by atoms with Gasteiger partial charge >= 0.3 is 0 Å². The van der Waals surface area contributed by atoms with Crippen LogP contribution in [0.4, 0.5) is 5.69 Å². The molecule has 0 aromatic heterocycles. The number of nitrogen functional groups attached to an aromatic ring is 1. The molecule has 94 valence electrons. The molecule has 1 atom stereocenters. The first-order valence-corrected chi connectivity index (χ1v) is 6.58. The Kier molecular flexibility index (Phi) is 5.00. The van der Waals surface area contributed by atoms with Gasteiger partial charge < -0.3 is 10.6 Å². The molecule has 1 aromatic rings. The van der Waals surface area contributed by atoms with Crippen LogP contribution in [0.15, 0.2) is 22.7 Å². The number of carbonyl (C=O) groups is 1. The molecule has 1 rings (SSSR count). The Bertz CT molecular complexity index is 406. The van der Waals surface area contributed by atoms with E-state index in [9.17, 15) is 4.79 Å². The largest absolute Gasteiger partial charge is 0.398 e. The van der Waals surface area contributed by atoms with Gasteiger partial charge in [-0.2, -0.15) is 0 Å². The highest BCUT2D eigenvalue weighted by molar-refractivity contribution is 9.10. The van der Waals surface area contributed by atoms with E-state index < -0.39 is 0 Å². The molecule has 0 spiro atoms. The summed E-state index contributed by atoms with van der Waals surface area (Å²) in [6.45, 7) is 4.17. The van der Waals surface area contributed by atoms with Crippen molar-refractivity contribution in [2.75, 3.05) is 12.8 Å². The SMILES string of the molecule is CCCC(C)N(C)C(=O)c1ccc(Br)cc1N. The van der Waals surface area contributed by atoms with Crippen molar-refractivity contribution in [2.45, 2.75) is 32.7 Å². The van der Waals surface area contributed by atoms with E-state index in [4.69, 9.17) is 5.73 Å². The summed E-state index contributed by atoms with van der Waals surface area (Å²) < 4.78 is 0.885. The lowest BCUT2D eigenvalue weighted by atomic mass is 10.1. The molecule has 3 nitrogen and oxygen atoms in total. The molecule has 0 fully saturated rings. The number of nitrogens with two attached hydrogens (primary N) is 1. The van der Waals surface area contributed by atoms with Crippen LogP contribution in [0, 0.1) is 0 Å². The van der Waals surface area contributed by atoms with Crippen molar-refractivity contribution < 1.29 is 4.79 Å². The molecule has 0 saturated heterocycles. The first-order valence-electron chi connectivity index (χ1n) is 5.79. The van der Waals surface area contributed by atoms with Crippen molar-refractivity contribution in [1.29, 1.82) is 0 Å². The third-order valence-corrected chi connectivity index (χ3v) is 3.43. The van der Waals surface area contributed by atoms with Gasteiger partial charge in [-0.15, -0.1) is 0 Å². The molecule has 4 heteroatoms. The number of carbonyl (C=O) groups excluding carboxylic acids is 1. The minimum Gasteiger partial charge on any atom is -0.398 e. The van der Waals surface area contributed by atoms with Gasteiger partial charge in [0.05, 0.1) is 5.56 Å². The van der Waals surface area contributed by atoms with Gasteiger partial charge in [0, 0.05) is 23.2 Å². The lowest BCUT2D eigenvalue weighted by Crippen LogP contribution is -2.35. The second-order valence-electron chi connectivity index (χ2n) is 4.29. The van der Waals surface area contributed by atoms with E-state index in [0.29, 0.717) is 11.3 Å². The number of hydrogen-bond donors (Lipinski definition) is 1. The lowest BCUT2D eigenvalue weighted by Gasteiger charge is -2.25. The van der Waals surface area contributed by atoms with Crippen LogP contribution in [0.5, 0.6) is 0 Å². The zero-order valence-corrected chi connectivity index (χ0v) is 12.1. The maximum atomic E-state index is 12.2. The summed E-state index contributed by atoms with van der Waals surface area (Å²) in [5.74, 6) is -0.0176.